The number of hydrogen-bond acceptors (Lipinski definition) is 5. The maximum Gasteiger partial charge on any atom is 0.408 e. The number of benzene rings is 3. The van der Waals surface area contributed by atoms with Crippen molar-refractivity contribution in [2.24, 2.45) is 0 Å². The van der Waals surface area contributed by atoms with E-state index in [9.17, 15) is 14.9 Å². The van der Waals surface area contributed by atoms with Crippen LogP contribution in [0, 0.1) is 11.5 Å². The molecule has 0 saturated carbocycles. The predicted octanol–water partition coefficient (Wildman–Crippen LogP) is 4.53. The van der Waals surface area contributed by atoms with Gasteiger partial charge in [-0.2, -0.15) is 5.26 Å². The van der Waals surface area contributed by atoms with Crippen LogP contribution >= 0.6 is 11.6 Å². The van der Waals surface area contributed by atoms with Gasteiger partial charge in [0.05, 0.1) is 6.54 Å². The molecule has 0 saturated heterocycles. The molecular formula is C26H25ClN4O3. The highest BCUT2D eigenvalue weighted by molar-refractivity contribution is 6.31. The Bertz CT molecular complexity index is 1140. The highest BCUT2D eigenvalue weighted by Crippen LogP contribution is 2.18. The first-order chi connectivity index (χ1) is 16.5. The van der Waals surface area contributed by atoms with Gasteiger partial charge in [0.15, 0.2) is 6.19 Å². The molecule has 0 radical (unpaired) electrons. The molecule has 0 aliphatic rings. The zero-order valence-electron chi connectivity index (χ0n) is 18.7. The summed E-state index contributed by atoms with van der Waals surface area (Å²) in [6, 6.07) is 24.7. The Morgan fingerprint density at radius 1 is 0.971 bits per heavy atom. The van der Waals surface area contributed by atoms with E-state index in [1.807, 2.05) is 66.9 Å². The summed E-state index contributed by atoms with van der Waals surface area (Å²) >= 11 is 6.22. The van der Waals surface area contributed by atoms with E-state index in [2.05, 4.69) is 5.32 Å². The largest absolute Gasteiger partial charge is 0.445 e. The highest BCUT2D eigenvalue weighted by atomic mass is 35.5. The van der Waals surface area contributed by atoms with E-state index in [0.29, 0.717) is 10.6 Å². The van der Waals surface area contributed by atoms with Crippen LogP contribution in [0.5, 0.6) is 0 Å². The molecule has 3 aromatic rings. The van der Waals surface area contributed by atoms with Crippen LogP contribution < -0.4 is 5.32 Å². The Kier molecular flexibility index (Phi) is 8.89. The number of alkyl carbamates (subject to hydrolysis) is 1. The first kappa shape index (κ1) is 24.6. The number of rotatable bonds is 9. The molecule has 34 heavy (non-hydrogen) atoms. The van der Waals surface area contributed by atoms with E-state index >= 15 is 0 Å². The molecule has 7 nitrogen and oxygen atoms in total. The average Bonchev–Trinajstić information content (AvgIpc) is 2.87. The summed E-state index contributed by atoms with van der Waals surface area (Å²) in [6.07, 6.45) is 1.52. The van der Waals surface area contributed by atoms with Crippen LogP contribution in [0.15, 0.2) is 84.9 Å². The molecule has 0 heterocycles. The average molecular weight is 477 g/mol. The van der Waals surface area contributed by atoms with Crippen LogP contribution in [0.3, 0.4) is 0 Å². The first-order valence-electron chi connectivity index (χ1n) is 10.7. The molecule has 8 heteroatoms. The lowest BCUT2D eigenvalue weighted by Gasteiger charge is -2.30. The van der Waals surface area contributed by atoms with Gasteiger partial charge in [-0.05, 0) is 22.8 Å². The number of likely N-dealkylation sites (N-methyl/N-ethyl adjacent to an activating group) is 1. The second-order valence-electron chi connectivity index (χ2n) is 7.56. The summed E-state index contributed by atoms with van der Waals surface area (Å²) < 4.78 is 5.31. The van der Waals surface area contributed by atoms with Crippen molar-refractivity contribution in [1.82, 2.24) is 15.3 Å². The normalized spacial score (nSPS) is 11.1. The van der Waals surface area contributed by atoms with Crippen molar-refractivity contribution in [3.8, 4) is 6.19 Å². The minimum absolute atomic E-state index is 0.0750. The SMILES string of the molecule is CN(C(=O)[C@H](Cc1ccccc1)NC(=O)OCc1ccccc1)N(C#N)Cc1ccccc1Cl. The van der Waals surface area contributed by atoms with Crippen molar-refractivity contribution in [2.45, 2.75) is 25.6 Å². The molecule has 0 aromatic heterocycles. The molecule has 1 atom stereocenters. The molecule has 1 N–H and O–H groups in total. The zero-order chi connectivity index (χ0) is 24.3. The van der Waals surface area contributed by atoms with Crippen molar-refractivity contribution in [2.75, 3.05) is 7.05 Å². The van der Waals surface area contributed by atoms with E-state index in [-0.39, 0.29) is 19.6 Å². The van der Waals surface area contributed by atoms with Crippen LogP contribution in [0.2, 0.25) is 5.02 Å². The fraction of sp³-hybridized carbons (Fsp3) is 0.192. The van der Waals surface area contributed by atoms with E-state index in [0.717, 1.165) is 11.1 Å². The fourth-order valence-electron chi connectivity index (χ4n) is 3.30. The summed E-state index contributed by atoms with van der Waals surface area (Å²) in [5.74, 6) is -0.464. The van der Waals surface area contributed by atoms with Gasteiger partial charge in [0.25, 0.3) is 5.91 Å². The third-order valence-electron chi connectivity index (χ3n) is 5.16. The Morgan fingerprint density at radius 2 is 1.56 bits per heavy atom. The minimum atomic E-state index is -0.947. The molecule has 0 spiro atoms. The van der Waals surface area contributed by atoms with Gasteiger partial charge in [-0.3, -0.25) is 4.79 Å². The third kappa shape index (κ3) is 6.99. The fourth-order valence-corrected chi connectivity index (χ4v) is 3.49. The second kappa shape index (κ2) is 12.3. The quantitative estimate of drug-likeness (QED) is 0.278. The van der Waals surface area contributed by atoms with Gasteiger partial charge >= 0.3 is 6.09 Å². The van der Waals surface area contributed by atoms with Gasteiger partial charge in [-0.1, -0.05) is 90.5 Å². The summed E-state index contributed by atoms with van der Waals surface area (Å²) in [6.45, 7) is 0.181. The molecular weight excluding hydrogens is 452 g/mol. The van der Waals surface area contributed by atoms with Crippen LogP contribution in [-0.2, 0) is 29.1 Å². The lowest BCUT2D eigenvalue weighted by atomic mass is 10.1. The van der Waals surface area contributed by atoms with E-state index in [4.69, 9.17) is 16.3 Å². The van der Waals surface area contributed by atoms with Crippen LogP contribution in [0.4, 0.5) is 4.79 Å². The number of halogens is 1. The van der Waals surface area contributed by atoms with Gasteiger partial charge < -0.3 is 10.1 Å². The number of carbonyl (C=O) groups excluding carboxylic acids is 2. The Hall–Kier alpha value is -4.02. The van der Waals surface area contributed by atoms with Crippen molar-refractivity contribution < 1.29 is 14.3 Å². The maximum absolute atomic E-state index is 13.4. The molecule has 0 bridgehead atoms. The molecule has 0 aliphatic carbocycles. The number of nitrogens with zero attached hydrogens (tertiary/aromatic N) is 3. The van der Waals surface area contributed by atoms with Gasteiger partial charge in [0.1, 0.15) is 12.6 Å². The maximum atomic E-state index is 13.4. The Balaban J connectivity index is 1.72. The zero-order valence-corrected chi connectivity index (χ0v) is 19.5. The van der Waals surface area contributed by atoms with Crippen molar-refractivity contribution >= 4 is 23.6 Å². The van der Waals surface area contributed by atoms with E-state index in [1.165, 1.54) is 17.1 Å². The Morgan fingerprint density at radius 3 is 2.18 bits per heavy atom. The summed E-state index contributed by atoms with van der Waals surface area (Å²) in [4.78, 5) is 25.9. The number of hydrazine groups is 1. The summed E-state index contributed by atoms with van der Waals surface area (Å²) in [5, 5.41) is 15.2. The molecule has 3 aromatic carbocycles. The number of ether oxygens (including phenoxy) is 1. The topological polar surface area (TPSA) is 85.7 Å². The van der Waals surface area contributed by atoms with Crippen molar-refractivity contribution in [3.63, 3.8) is 0 Å². The van der Waals surface area contributed by atoms with Crippen molar-refractivity contribution in [1.29, 1.82) is 5.26 Å². The molecule has 3 rings (SSSR count). The monoisotopic (exact) mass is 476 g/mol. The number of carbonyl (C=O) groups is 2. The second-order valence-corrected chi connectivity index (χ2v) is 7.97. The summed E-state index contributed by atoms with van der Waals surface area (Å²) in [7, 11) is 1.48. The molecule has 0 aliphatic heterocycles. The molecule has 0 unspecified atom stereocenters. The van der Waals surface area contributed by atoms with Gasteiger partial charge in [0, 0.05) is 18.5 Å². The minimum Gasteiger partial charge on any atom is -0.445 e. The smallest absolute Gasteiger partial charge is 0.408 e. The van der Waals surface area contributed by atoms with Crippen LogP contribution in [-0.4, -0.2) is 35.1 Å². The van der Waals surface area contributed by atoms with Crippen LogP contribution in [0.1, 0.15) is 16.7 Å². The first-order valence-corrected chi connectivity index (χ1v) is 11.0. The van der Waals surface area contributed by atoms with Gasteiger partial charge in [-0.25, -0.2) is 14.8 Å². The Labute approximate surface area is 204 Å². The van der Waals surface area contributed by atoms with E-state index in [1.54, 1.807) is 24.3 Å². The van der Waals surface area contributed by atoms with Gasteiger partial charge in [-0.15, -0.1) is 0 Å². The van der Waals surface area contributed by atoms with Crippen LogP contribution in [0.25, 0.3) is 0 Å². The molecule has 0 fully saturated rings. The number of nitriles is 1. The number of amides is 2. The lowest BCUT2D eigenvalue weighted by Crippen LogP contribution is -2.52. The van der Waals surface area contributed by atoms with Gasteiger partial charge in [0.2, 0.25) is 0 Å². The number of nitrogens with one attached hydrogen (secondary N) is 1. The van der Waals surface area contributed by atoms with E-state index < -0.39 is 18.0 Å². The predicted molar refractivity (Wildman–Crippen MR) is 129 cm³/mol. The highest BCUT2D eigenvalue weighted by Gasteiger charge is 2.28. The molecule has 174 valence electrons. The van der Waals surface area contributed by atoms with Crippen molar-refractivity contribution in [3.05, 3.63) is 107 Å². The third-order valence-corrected chi connectivity index (χ3v) is 5.53. The standard InChI is InChI=1S/C26H25ClN4O3/c1-30(31(19-28)17-22-14-8-9-15-23(22)27)25(32)24(16-20-10-4-2-5-11-20)29-26(33)34-18-21-12-6-3-7-13-21/h2-15,24H,16-18H2,1H3,(H,29,33)/t24-/m0/s1. The lowest BCUT2D eigenvalue weighted by molar-refractivity contribution is -0.143. The summed E-state index contributed by atoms with van der Waals surface area (Å²) in [5.41, 5.74) is 2.38. The molecule has 2 amide bonds. The number of hydrogen-bond donors (Lipinski definition) is 1.